The van der Waals surface area contributed by atoms with Crippen LogP contribution in [-0.2, 0) is 4.79 Å². The zero-order valence-electron chi connectivity index (χ0n) is 12.6. The smallest absolute Gasteiger partial charge is 0.250 e. The normalized spacial score (nSPS) is 10.8. The maximum absolute atomic E-state index is 12.0. The second kappa shape index (κ2) is 6.98. The van der Waals surface area contributed by atoms with E-state index in [-0.39, 0.29) is 5.91 Å². The highest BCUT2D eigenvalue weighted by Gasteiger charge is 2.10. The van der Waals surface area contributed by atoms with Crippen LogP contribution in [-0.4, -0.2) is 15.9 Å². The number of hydrogen-bond acceptors (Lipinski definition) is 4. The average molecular weight is 321 g/mol. The number of nitrogens with zero attached hydrogens (tertiary/aromatic N) is 2. The summed E-state index contributed by atoms with van der Waals surface area (Å²) >= 11 is 1.47. The first-order valence-electron chi connectivity index (χ1n) is 7.14. The molecule has 5 heteroatoms. The molecule has 1 amide bonds. The van der Waals surface area contributed by atoms with Gasteiger partial charge in [-0.3, -0.25) is 15.1 Å². The molecule has 0 fully saturated rings. The van der Waals surface area contributed by atoms with Crippen molar-refractivity contribution in [2.45, 2.75) is 6.92 Å². The van der Waals surface area contributed by atoms with Gasteiger partial charge in [0, 0.05) is 28.9 Å². The number of nitrogens with one attached hydrogen (secondary N) is 1. The molecule has 2 aromatic heterocycles. The molecule has 0 unspecified atom stereocenters. The third kappa shape index (κ3) is 3.90. The van der Waals surface area contributed by atoms with Gasteiger partial charge in [0.25, 0.3) is 0 Å². The number of benzene rings is 1. The van der Waals surface area contributed by atoms with Crippen molar-refractivity contribution >= 4 is 28.5 Å². The fourth-order valence-electron chi connectivity index (χ4n) is 2.11. The van der Waals surface area contributed by atoms with Crippen LogP contribution in [0.3, 0.4) is 0 Å². The largest absolute Gasteiger partial charge is 0.298 e. The van der Waals surface area contributed by atoms with Crippen molar-refractivity contribution in [3.05, 3.63) is 71.4 Å². The molecule has 2 heterocycles. The Hall–Kier alpha value is -2.79. The molecule has 1 aromatic carbocycles. The highest BCUT2D eigenvalue weighted by molar-refractivity contribution is 7.16. The Labute approximate surface area is 138 Å². The summed E-state index contributed by atoms with van der Waals surface area (Å²) in [6.07, 6.45) is 6.62. The molecule has 23 heavy (non-hydrogen) atoms. The third-order valence-electron chi connectivity index (χ3n) is 3.21. The number of pyridine rings is 1. The summed E-state index contributed by atoms with van der Waals surface area (Å²) < 4.78 is 0. The Kier molecular flexibility index (Phi) is 4.59. The van der Waals surface area contributed by atoms with E-state index in [9.17, 15) is 4.79 Å². The number of aryl methyl sites for hydroxylation is 1. The first-order valence-corrected chi connectivity index (χ1v) is 7.96. The maximum atomic E-state index is 12.0. The van der Waals surface area contributed by atoms with Crippen molar-refractivity contribution in [3.63, 3.8) is 0 Å². The van der Waals surface area contributed by atoms with Crippen LogP contribution in [0.1, 0.15) is 10.4 Å². The number of carbonyl (C=O) groups is 1. The number of aromatic nitrogens is 2. The molecule has 0 aliphatic carbocycles. The number of amides is 1. The predicted molar refractivity (Wildman–Crippen MR) is 94.2 cm³/mol. The summed E-state index contributed by atoms with van der Waals surface area (Å²) in [6.45, 7) is 2.00. The van der Waals surface area contributed by atoms with E-state index in [1.54, 1.807) is 18.5 Å². The Morgan fingerprint density at radius 3 is 2.61 bits per heavy atom. The summed E-state index contributed by atoms with van der Waals surface area (Å²) in [7, 11) is 0. The van der Waals surface area contributed by atoms with Crippen LogP contribution in [0.4, 0.5) is 5.13 Å². The third-order valence-corrected chi connectivity index (χ3v) is 4.09. The Balaban J connectivity index is 1.71. The Morgan fingerprint density at radius 2 is 1.87 bits per heavy atom. The highest BCUT2D eigenvalue weighted by atomic mass is 32.1. The molecule has 0 spiro atoms. The number of hydrogen-bond donors (Lipinski definition) is 1. The van der Waals surface area contributed by atoms with E-state index < -0.39 is 0 Å². The van der Waals surface area contributed by atoms with Gasteiger partial charge in [-0.25, -0.2) is 4.98 Å². The minimum atomic E-state index is -0.199. The van der Waals surface area contributed by atoms with E-state index in [0.29, 0.717) is 5.13 Å². The van der Waals surface area contributed by atoms with Crippen LogP contribution in [0.25, 0.3) is 17.3 Å². The van der Waals surface area contributed by atoms with Crippen LogP contribution in [0, 0.1) is 6.92 Å². The zero-order valence-corrected chi connectivity index (χ0v) is 13.4. The van der Waals surface area contributed by atoms with Gasteiger partial charge < -0.3 is 0 Å². The lowest BCUT2D eigenvalue weighted by molar-refractivity contribution is -0.111. The molecule has 0 saturated carbocycles. The second-order valence-corrected chi connectivity index (χ2v) is 6.10. The van der Waals surface area contributed by atoms with Gasteiger partial charge >= 0.3 is 0 Å². The van der Waals surface area contributed by atoms with Gasteiger partial charge in [0.2, 0.25) is 5.91 Å². The second-order valence-electron chi connectivity index (χ2n) is 4.89. The monoisotopic (exact) mass is 321 g/mol. The van der Waals surface area contributed by atoms with Gasteiger partial charge in [-0.15, -0.1) is 11.3 Å². The molecule has 0 bridgehead atoms. The molecule has 1 N–H and O–H groups in total. The van der Waals surface area contributed by atoms with Crippen LogP contribution in [0.5, 0.6) is 0 Å². The topological polar surface area (TPSA) is 54.9 Å². The van der Waals surface area contributed by atoms with Crippen LogP contribution < -0.4 is 5.32 Å². The number of carbonyl (C=O) groups excluding carboxylic acids is 1. The van der Waals surface area contributed by atoms with E-state index in [0.717, 1.165) is 21.7 Å². The van der Waals surface area contributed by atoms with Crippen LogP contribution >= 0.6 is 11.3 Å². The van der Waals surface area contributed by atoms with Gasteiger partial charge in [-0.2, -0.15) is 0 Å². The lowest BCUT2D eigenvalue weighted by Gasteiger charge is -1.97. The maximum Gasteiger partial charge on any atom is 0.250 e. The predicted octanol–water partition coefficient (Wildman–Crippen LogP) is 4.17. The van der Waals surface area contributed by atoms with Crippen molar-refractivity contribution in [2.75, 3.05) is 5.32 Å². The van der Waals surface area contributed by atoms with E-state index in [1.165, 1.54) is 17.4 Å². The molecule has 3 rings (SSSR count). The molecule has 4 nitrogen and oxygen atoms in total. The van der Waals surface area contributed by atoms with E-state index >= 15 is 0 Å². The lowest BCUT2D eigenvalue weighted by atomic mass is 10.1. The molecule has 114 valence electrons. The Morgan fingerprint density at radius 1 is 1.13 bits per heavy atom. The van der Waals surface area contributed by atoms with Crippen LogP contribution in [0.15, 0.2) is 60.9 Å². The van der Waals surface area contributed by atoms with Crippen molar-refractivity contribution in [2.24, 2.45) is 0 Å². The molecular weight excluding hydrogens is 306 g/mol. The van der Waals surface area contributed by atoms with Gasteiger partial charge in [-0.05, 0) is 30.7 Å². The average Bonchev–Trinajstić information content (AvgIpc) is 2.95. The van der Waals surface area contributed by atoms with Crippen molar-refractivity contribution in [3.8, 4) is 11.3 Å². The fraction of sp³-hybridized carbons (Fsp3) is 0.0556. The highest BCUT2D eigenvalue weighted by Crippen LogP contribution is 2.30. The molecule has 0 atom stereocenters. The molecule has 0 aliphatic rings. The van der Waals surface area contributed by atoms with Crippen molar-refractivity contribution < 1.29 is 4.79 Å². The summed E-state index contributed by atoms with van der Waals surface area (Å²) in [5.41, 5.74) is 2.88. The molecule has 0 saturated heterocycles. The van der Waals surface area contributed by atoms with E-state index in [1.807, 2.05) is 49.4 Å². The summed E-state index contributed by atoms with van der Waals surface area (Å²) in [5, 5.41) is 3.41. The van der Waals surface area contributed by atoms with E-state index in [4.69, 9.17) is 0 Å². The molecule has 3 aromatic rings. The fourth-order valence-corrected chi connectivity index (χ4v) is 2.95. The van der Waals surface area contributed by atoms with E-state index in [2.05, 4.69) is 15.3 Å². The Bertz CT molecular complexity index is 826. The summed E-state index contributed by atoms with van der Waals surface area (Å²) in [4.78, 5) is 21.5. The summed E-state index contributed by atoms with van der Waals surface area (Å²) in [6, 6.07) is 13.6. The summed E-state index contributed by atoms with van der Waals surface area (Å²) in [5.74, 6) is -0.199. The molecule has 0 radical (unpaired) electrons. The molecular formula is C18H15N3OS. The van der Waals surface area contributed by atoms with Gasteiger partial charge in [-0.1, -0.05) is 30.3 Å². The van der Waals surface area contributed by atoms with Crippen molar-refractivity contribution in [1.82, 2.24) is 9.97 Å². The lowest BCUT2D eigenvalue weighted by Crippen LogP contribution is -2.07. The van der Waals surface area contributed by atoms with Gasteiger partial charge in [0.15, 0.2) is 5.13 Å². The quantitative estimate of drug-likeness (QED) is 0.734. The van der Waals surface area contributed by atoms with Gasteiger partial charge in [0.1, 0.15) is 0 Å². The minimum Gasteiger partial charge on any atom is -0.298 e. The zero-order chi connectivity index (χ0) is 16.1. The first-order chi connectivity index (χ1) is 11.2. The standard InChI is InChI=1S/C18H15N3OS/c1-13-17(15-5-3-2-4-6-15)21-18(23-13)20-16(22)8-7-14-9-11-19-12-10-14/h2-12H,1H3,(H,20,21,22)/b8-7+. The number of thiazole rings is 1. The first kappa shape index (κ1) is 15.1. The van der Waals surface area contributed by atoms with Crippen LogP contribution in [0.2, 0.25) is 0 Å². The number of anilines is 1. The van der Waals surface area contributed by atoms with Crippen molar-refractivity contribution in [1.29, 1.82) is 0 Å². The molecule has 0 aliphatic heterocycles. The van der Waals surface area contributed by atoms with Gasteiger partial charge in [0.05, 0.1) is 5.69 Å². The minimum absolute atomic E-state index is 0.199. The number of rotatable bonds is 4. The SMILES string of the molecule is Cc1sc(NC(=O)/C=C/c2ccncc2)nc1-c1ccccc1.